The van der Waals surface area contributed by atoms with Gasteiger partial charge < -0.3 is 20.5 Å². The van der Waals surface area contributed by atoms with Crippen LogP contribution in [0.2, 0.25) is 0 Å². The molecule has 1 saturated carbocycles. The quantitative estimate of drug-likeness (QED) is 0.767. The summed E-state index contributed by atoms with van der Waals surface area (Å²) in [7, 11) is 1.62. The van der Waals surface area contributed by atoms with E-state index in [2.05, 4.69) is 5.32 Å². The van der Waals surface area contributed by atoms with Crippen molar-refractivity contribution in [2.75, 3.05) is 20.2 Å². The predicted molar refractivity (Wildman–Crippen MR) is 95.3 cm³/mol. The molecule has 1 amide bonds. The van der Waals surface area contributed by atoms with Gasteiger partial charge in [0.2, 0.25) is 5.91 Å². The van der Waals surface area contributed by atoms with Crippen molar-refractivity contribution in [3.63, 3.8) is 0 Å². The summed E-state index contributed by atoms with van der Waals surface area (Å²) in [6, 6.07) is 7.52. The predicted octanol–water partition coefficient (Wildman–Crippen LogP) is 2.88. The van der Waals surface area contributed by atoms with Gasteiger partial charge in [0.1, 0.15) is 6.10 Å². The van der Waals surface area contributed by atoms with Gasteiger partial charge in [-0.25, -0.2) is 0 Å². The maximum Gasteiger partial charge on any atom is 0.220 e. The Hall–Kier alpha value is -1.75. The fourth-order valence-electron chi connectivity index (χ4n) is 3.39. The van der Waals surface area contributed by atoms with Gasteiger partial charge in [0.25, 0.3) is 0 Å². The number of ether oxygens (including phenoxy) is 2. The van der Waals surface area contributed by atoms with Crippen molar-refractivity contribution in [2.45, 2.75) is 51.6 Å². The molecule has 0 spiro atoms. The van der Waals surface area contributed by atoms with Crippen LogP contribution in [0.5, 0.6) is 11.5 Å². The molecule has 0 aliphatic heterocycles. The van der Waals surface area contributed by atoms with Gasteiger partial charge in [0.05, 0.1) is 13.7 Å². The first-order valence-corrected chi connectivity index (χ1v) is 8.85. The minimum Gasteiger partial charge on any atom is -0.493 e. The largest absolute Gasteiger partial charge is 0.493 e. The van der Waals surface area contributed by atoms with E-state index in [0.29, 0.717) is 31.0 Å². The van der Waals surface area contributed by atoms with Crippen molar-refractivity contribution in [1.82, 2.24) is 5.32 Å². The summed E-state index contributed by atoms with van der Waals surface area (Å²) in [4.78, 5) is 12.3. The molecule has 1 aromatic carbocycles. The second-order valence-electron chi connectivity index (χ2n) is 6.82. The van der Waals surface area contributed by atoms with E-state index in [1.54, 1.807) is 7.11 Å². The normalized spacial score (nSPS) is 17.8. The lowest BCUT2D eigenvalue weighted by Crippen LogP contribution is -2.40. The number of para-hydroxylation sites is 2. The van der Waals surface area contributed by atoms with Crippen LogP contribution in [0, 0.1) is 5.41 Å². The molecule has 24 heavy (non-hydrogen) atoms. The fraction of sp³-hybridized carbons (Fsp3) is 0.632. The average molecular weight is 334 g/mol. The molecule has 0 saturated heterocycles. The lowest BCUT2D eigenvalue weighted by atomic mass is 9.71. The summed E-state index contributed by atoms with van der Waals surface area (Å²) in [6.07, 6.45) is 6.12. The molecule has 5 heteroatoms. The second-order valence-corrected chi connectivity index (χ2v) is 6.82. The van der Waals surface area contributed by atoms with Crippen LogP contribution >= 0.6 is 0 Å². The highest BCUT2D eigenvalue weighted by Gasteiger charge is 2.32. The Morgan fingerprint density at radius 1 is 1.25 bits per heavy atom. The van der Waals surface area contributed by atoms with Gasteiger partial charge in [-0.2, -0.15) is 0 Å². The standard InChI is InChI=1S/C19H30N2O3/c1-15(24-17-9-5-4-8-16(17)23-2)13-21-18(22)12-19(14-20)10-6-3-7-11-19/h4-5,8-9,15H,3,6-7,10-14,20H2,1-2H3,(H,21,22). The minimum absolute atomic E-state index is 0.00488. The van der Waals surface area contributed by atoms with E-state index < -0.39 is 0 Å². The number of amides is 1. The average Bonchev–Trinajstić information content (AvgIpc) is 2.61. The number of hydrogen-bond donors (Lipinski definition) is 2. The molecule has 0 bridgehead atoms. The fourth-order valence-corrected chi connectivity index (χ4v) is 3.39. The summed E-state index contributed by atoms with van der Waals surface area (Å²) >= 11 is 0. The van der Waals surface area contributed by atoms with E-state index in [-0.39, 0.29) is 17.4 Å². The topological polar surface area (TPSA) is 73.6 Å². The van der Waals surface area contributed by atoms with Gasteiger partial charge in [-0.3, -0.25) is 4.79 Å². The van der Waals surface area contributed by atoms with E-state index in [0.717, 1.165) is 12.8 Å². The molecule has 1 aliphatic rings. The Bertz CT molecular complexity index is 527. The SMILES string of the molecule is COc1ccccc1OC(C)CNC(=O)CC1(CN)CCCCC1. The number of nitrogens with two attached hydrogens (primary N) is 1. The van der Waals surface area contributed by atoms with E-state index in [4.69, 9.17) is 15.2 Å². The van der Waals surface area contributed by atoms with Crippen molar-refractivity contribution in [1.29, 1.82) is 0 Å². The van der Waals surface area contributed by atoms with E-state index >= 15 is 0 Å². The highest BCUT2D eigenvalue weighted by Crippen LogP contribution is 2.38. The third-order valence-corrected chi connectivity index (χ3v) is 4.87. The van der Waals surface area contributed by atoms with Crippen LogP contribution in [-0.2, 0) is 4.79 Å². The van der Waals surface area contributed by atoms with Crippen LogP contribution in [0.4, 0.5) is 0 Å². The van der Waals surface area contributed by atoms with E-state index in [1.165, 1.54) is 19.3 Å². The van der Waals surface area contributed by atoms with Crippen LogP contribution in [0.15, 0.2) is 24.3 Å². The first kappa shape index (κ1) is 18.6. The molecule has 1 fully saturated rings. The highest BCUT2D eigenvalue weighted by molar-refractivity contribution is 5.76. The van der Waals surface area contributed by atoms with Crippen LogP contribution in [0.1, 0.15) is 45.4 Å². The van der Waals surface area contributed by atoms with Gasteiger partial charge in [0, 0.05) is 6.42 Å². The van der Waals surface area contributed by atoms with Crippen LogP contribution < -0.4 is 20.5 Å². The van der Waals surface area contributed by atoms with Gasteiger partial charge in [0.15, 0.2) is 11.5 Å². The van der Waals surface area contributed by atoms with E-state index in [9.17, 15) is 4.79 Å². The number of carbonyl (C=O) groups excluding carboxylic acids is 1. The number of methoxy groups -OCH3 is 1. The maximum absolute atomic E-state index is 12.3. The summed E-state index contributed by atoms with van der Waals surface area (Å²) in [5.74, 6) is 1.45. The van der Waals surface area contributed by atoms with Crippen molar-refractivity contribution in [3.8, 4) is 11.5 Å². The summed E-state index contributed by atoms with van der Waals surface area (Å²) < 4.78 is 11.1. The van der Waals surface area contributed by atoms with E-state index in [1.807, 2.05) is 31.2 Å². The molecule has 0 radical (unpaired) electrons. The second kappa shape index (κ2) is 8.92. The Kier molecular flexibility index (Phi) is 6.91. The molecule has 0 aromatic heterocycles. The van der Waals surface area contributed by atoms with Gasteiger partial charge in [-0.15, -0.1) is 0 Å². The molecule has 2 rings (SSSR count). The molecule has 3 N–H and O–H groups in total. The zero-order valence-electron chi connectivity index (χ0n) is 14.8. The Balaban J connectivity index is 1.80. The summed E-state index contributed by atoms with van der Waals surface area (Å²) in [6.45, 7) is 3.00. The Morgan fingerprint density at radius 2 is 1.92 bits per heavy atom. The van der Waals surface area contributed by atoms with Crippen molar-refractivity contribution >= 4 is 5.91 Å². The van der Waals surface area contributed by atoms with Crippen molar-refractivity contribution in [2.24, 2.45) is 11.1 Å². The smallest absolute Gasteiger partial charge is 0.220 e. The summed E-state index contributed by atoms with van der Waals surface area (Å²) in [5, 5.41) is 2.99. The minimum atomic E-state index is -0.134. The van der Waals surface area contributed by atoms with Gasteiger partial charge in [-0.05, 0) is 43.9 Å². The molecule has 0 heterocycles. The molecule has 1 aromatic rings. The van der Waals surface area contributed by atoms with Gasteiger partial charge in [-0.1, -0.05) is 31.4 Å². The maximum atomic E-state index is 12.3. The third kappa shape index (κ3) is 5.13. The van der Waals surface area contributed by atoms with Crippen molar-refractivity contribution in [3.05, 3.63) is 24.3 Å². The molecule has 1 atom stereocenters. The Morgan fingerprint density at radius 3 is 2.54 bits per heavy atom. The number of nitrogens with one attached hydrogen (secondary N) is 1. The monoisotopic (exact) mass is 334 g/mol. The third-order valence-electron chi connectivity index (χ3n) is 4.87. The number of rotatable bonds is 8. The van der Waals surface area contributed by atoms with Crippen LogP contribution in [-0.4, -0.2) is 32.2 Å². The molecule has 1 aliphatic carbocycles. The lowest BCUT2D eigenvalue weighted by Gasteiger charge is -2.35. The Labute approximate surface area is 144 Å². The zero-order valence-corrected chi connectivity index (χ0v) is 14.8. The molecule has 134 valence electrons. The molecule has 5 nitrogen and oxygen atoms in total. The first-order chi connectivity index (χ1) is 11.6. The first-order valence-electron chi connectivity index (χ1n) is 8.85. The van der Waals surface area contributed by atoms with Crippen LogP contribution in [0.3, 0.4) is 0 Å². The van der Waals surface area contributed by atoms with Crippen LogP contribution in [0.25, 0.3) is 0 Å². The number of hydrogen-bond acceptors (Lipinski definition) is 4. The molecular weight excluding hydrogens is 304 g/mol. The molecular formula is C19H30N2O3. The number of benzene rings is 1. The lowest BCUT2D eigenvalue weighted by molar-refractivity contribution is -0.124. The highest BCUT2D eigenvalue weighted by atomic mass is 16.5. The number of carbonyl (C=O) groups is 1. The van der Waals surface area contributed by atoms with Crippen molar-refractivity contribution < 1.29 is 14.3 Å². The van der Waals surface area contributed by atoms with Gasteiger partial charge >= 0.3 is 0 Å². The zero-order chi connectivity index (χ0) is 17.4. The molecule has 1 unspecified atom stereocenters. The summed E-state index contributed by atoms with van der Waals surface area (Å²) in [5.41, 5.74) is 5.95.